The van der Waals surface area contributed by atoms with Crippen LogP contribution in [0.1, 0.15) is 20.7 Å². The van der Waals surface area contributed by atoms with Gasteiger partial charge in [0.2, 0.25) is 0 Å². The van der Waals surface area contributed by atoms with Gasteiger partial charge in [0.25, 0.3) is 10.5 Å². The van der Waals surface area contributed by atoms with Gasteiger partial charge in [-0.15, -0.1) is 0 Å². The Balaban J connectivity index is 3.32. The molecule has 1 aromatic rings. The highest BCUT2D eigenvalue weighted by molar-refractivity contribution is 6.69. The van der Waals surface area contributed by atoms with Crippen LogP contribution in [0.25, 0.3) is 0 Å². The van der Waals surface area contributed by atoms with Crippen molar-refractivity contribution in [3.8, 4) is 5.75 Å². The lowest BCUT2D eigenvalue weighted by Gasteiger charge is -2.27. The van der Waals surface area contributed by atoms with Gasteiger partial charge in [-0.2, -0.15) is 30.7 Å². The van der Waals surface area contributed by atoms with Crippen molar-refractivity contribution in [3.63, 3.8) is 0 Å². The summed E-state index contributed by atoms with van der Waals surface area (Å²) in [6.45, 7) is 0. The van der Waals surface area contributed by atoms with E-state index in [0.29, 0.717) is 18.2 Å². The van der Waals surface area contributed by atoms with Gasteiger partial charge in [-0.25, -0.2) is 0 Å². The average molecular weight is 387 g/mol. The highest BCUT2D eigenvalue weighted by Crippen LogP contribution is 2.47. The van der Waals surface area contributed by atoms with Gasteiger partial charge in [0.15, 0.2) is 0 Å². The van der Waals surface area contributed by atoms with Crippen molar-refractivity contribution in [3.05, 3.63) is 29.3 Å². The molecule has 0 spiro atoms. The third-order valence-electron chi connectivity index (χ3n) is 2.33. The van der Waals surface area contributed by atoms with E-state index in [1.807, 2.05) is 0 Å². The van der Waals surface area contributed by atoms with Gasteiger partial charge in [-0.3, -0.25) is 9.59 Å². The lowest BCUT2D eigenvalue weighted by Crippen LogP contribution is -2.55. The van der Waals surface area contributed by atoms with Gasteiger partial charge in [-0.05, 0) is 41.4 Å². The fourth-order valence-electron chi connectivity index (χ4n) is 1.26. The van der Waals surface area contributed by atoms with E-state index < -0.39 is 45.6 Å². The summed E-state index contributed by atoms with van der Waals surface area (Å²) < 4.78 is 91.0. The molecule has 1 rings (SSSR count). The Morgan fingerprint density at radius 3 is 1.52 bits per heavy atom. The molecule has 0 aliphatic rings. The first-order chi connectivity index (χ1) is 10.2. The highest BCUT2D eigenvalue weighted by atomic mass is 35.5. The fraction of sp³-hybridized carbons (Fsp3) is 0.273. The van der Waals surface area contributed by atoms with E-state index in [9.17, 15) is 40.3 Å². The van der Waals surface area contributed by atoms with Crippen molar-refractivity contribution < 1.29 is 45.1 Å². The summed E-state index contributed by atoms with van der Waals surface area (Å²) in [6.07, 6.45) is -12.6. The standard InChI is InChI=1S/C11H3Cl2F7O3/c12-7(21)4-1-5(8(13)22)3-6(2-4)23-11(19,20)9(14,15)10(16,17)18/h1-3H. The Morgan fingerprint density at radius 2 is 1.22 bits per heavy atom. The SMILES string of the molecule is O=C(Cl)c1cc(OC(F)(F)C(F)(F)C(F)(F)F)cc(C(=O)Cl)c1. The number of rotatable bonds is 5. The van der Waals surface area contributed by atoms with Gasteiger partial charge in [-0.1, -0.05) is 0 Å². The predicted octanol–water partition coefficient (Wildman–Crippen LogP) is 4.61. The van der Waals surface area contributed by atoms with Crippen molar-refractivity contribution in [1.29, 1.82) is 0 Å². The average Bonchev–Trinajstić information content (AvgIpc) is 2.35. The minimum Gasteiger partial charge on any atom is -0.428 e. The maximum atomic E-state index is 13.1. The Hall–Kier alpha value is -1.55. The van der Waals surface area contributed by atoms with Crippen molar-refractivity contribution in [2.24, 2.45) is 0 Å². The van der Waals surface area contributed by atoms with Crippen molar-refractivity contribution in [2.75, 3.05) is 0 Å². The molecule has 0 atom stereocenters. The molecule has 0 saturated carbocycles. The second-order valence-corrected chi connectivity index (χ2v) is 4.67. The fourth-order valence-corrected chi connectivity index (χ4v) is 1.48. The minimum absolute atomic E-state index is 0.346. The zero-order chi connectivity index (χ0) is 18.2. The molecule has 0 saturated heterocycles. The van der Waals surface area contributed by atoms with E-state index in [1.54, 1.807) is 0 Å². The molecule has 128 valence electrons. The summed E-state index contributed by atoms with van der Waals surface area (Å²) in [5.41, 5.74) is -1.36. The van der Waals surface area contributed by atoms with Crippen molar-refractivity contribution in [2.45, 2.75) is 18.2 Å². The van der Waals surface area contributed by atoms with Crippen LogP contribution in [0, 0.1) is 0 Å². The molecule has 1 aromatic carbocycles. The quantitative estimate of drug-likeness (QED) is 0.548. The van der Waals surface area contributed by atoms with Crippen molar-refractivity contribution >= 4 is 33.7 Å². The van der Waals surface area contributed by atoms with E-state index in [-0.39, 0.29) is 0 Å². The smallest absolute Gasteiger partial charge is 0.428 e. The number of hydrogen-bond donors (Lipinski definition) is 0. The van der Waals surface area contributed by atoms with E-state index in [4.69, 9.17) is 23.2 Å². The third-order valence-corrected chi connectivity index (χ3v) is 2.76. The van der Waals surface area contributed by atoms with Crippen LogP contribution in [0.5, 0.6) is 5.75 Å². The predicted molar refractivity (Wildman–Crippen MR) is 63.4 cm³/mol. The highest BCUT2D eigenvalue weighted by Gasteiger charge is 2.75. The van der Waals surface area contributed by atoms with Gasteiger partial charge in [0.05, 0.1) is 0 Å². The molecule has 0 aliphatic carbocycles. The number of halogens is 9. The molecule has 0 unspecified atom stereocenters. The molecule has 0 N–H and O–H groups in total. The Labute approximate surface area is 132 Å². The summed E-state index contributed by atoms with van der Waals surface area (Å²) in [5.74, 6) is -7.87. The molecular weight excluding hydrogens is 384 g/mol. The van der Waals surface area contributed by atoms with E-state index in [2.05, 4.69) is 4.74 Å². The molecule has 0 aliphatic heterocycles. The number of benzene rings is 1. The molecular formula is C11H3Cl2F7O3. The van der Waals surface area contributed by atoms with Crippen LogP contribution in [0.15, 0.2) is 18.2 Å². The second-order valence-electron chi connectivity index (χ2n) is 3.98. The molecule has 23 heavy (non-hydrogen) atoms. The normalized spacial score (nSPS) is 12.9. The maximum Gasteiger partial charge on any atom is 0.474 e. The summed E-state index contributed by atoms with van der Waals surface area (Å²) >= 11 is 10.0. The second kappa shape index (κ2) is 6.16. The van der Waals surface area contributed by atoms with Gasteiger partial charge in [0.1, 0.15) is 5.75 Å². The largest absolute Gasteiger partial charge is 0.474 e. The summed E-state index contributed by atoms with van der Waals surface area (Å²) in [5, 5.41) is -2.64. The third kappa shape index (κ3) is 4.05. The Morgan fingerprint density at radius 1 is 0.826 bits per heavy atom. The Kier molecular flexibility index (Phi) is 5.22. The number of carbonyl (C=O) groups is 2. The molecule has 0 radical (unpaired) electrons. The van der Waals surface area contributed by atoms with Crippen LogP contribution in [0.3, 0.4) is 0 Å². The lowest BCUT2D eigenvalue weighted by molar-refractivity contribution is -0.402. The monoisotopic (exact) mass is 386 g/mol. The first-order valence-corrected chi connectivity index (χ1v) is 6.01. The molecule has 3 nitrogen and oxygen atoms in total. The Bertz CT molecular complexity index is 611. The van der Waals surface area contributed by atoms with Gasteiger partial charge in [0, 0.05) is 11.1 Å². The first kappa shape index (κ1) is 19.5. The van der Waals surface area contributed by atoms with Gasteiger partial charge >= 0.3 is 18.2 Å². The molecule has 0 fully saturated rings. The molecule has 0 heterocycles. The van der Waals surface area contributed by atoms with E-state index in [1.165, 1.54) is 0 Å². The zero-order valence-corrected chi connectivity index (χ0v) is 11.9. The molecule has 0 amide bonds. The van der Waals surface area contributed by atoms with Crippen LogP contribution in [-0.2, 0) is 0 Å². The lowest BCUT2D eigenvalue weighted by atomic mass is 10.1. The minimum atomic E-state index is -6.61. The topological polar surface area (TPSA) is 43.4 Å². The van der Waals surface area contributed by atoms with Crippen LogP contribution in [-0.4, -0.2) is 28.7 Å². The number of hydrogen-bond acceptors (Lipinski definition) is 3. The number of alkyl halides is 7. The number of ether oxygens (including phenoxy) is 1. The van der Waals surface area contributed by atoms with E-state index in [0.717, 1.165) is 0 Å². The zero-order valence-electron chi connectivity index (χ0n) is 10.4. The number of carbonyl (C=O) groups excluding carboxylic acids is 2. The van der Waals surface area contributed by atoms with Crippen LogP contribution < -0.4 is 4.74 Å². The van der Waals surface area contributed by atoms with Crippen LogP contribution >= 0.6 is 23.2 Å². The summed E-state index contributed by atoms with van der Waals surface area (Å²) in [4.78, 5) is 21.9. The molecule has 0 bridgehead atoms. The molecule has 0 aromatic heterocycles. The summed E-state index contributed by atoms with van der Waals surface area (Å²) in [7, 11) is 0. The first-order valence-electron chi connectivity index (χ1n) is 5.25. The summed E-state index contributed by atoms with van der Waals surface area (Å²) in [6, 6.07) is 1.40. The van der Waals surface area contributed by atoms with Gasteiger partial charge < -0.3 is 4.74 Å². The van der Waals surface area contributed by atoms with E-state index >= 15 is 0 Å². The molecule has 12 heteroatoms. The van der Waals surface area contributed by atoms with Crippen LogP contribution in [0.2, 0.25) is 0 Å². The maximum absolute atomic E-state index is 13.1. The van der Waals surface area contributed by atoms with Crippen molar-refractivity contribution in [1.82, 2.24) is 0 Å². The van der Waals surface area contributed by atoms with Crippen LogP contribution in [0.4, 0.5) is 30.7 Å².